The van der Waals surface area contributed by atoms with Crippen molar-refractivity contribution in [1.29, 1.82) is 0 Å². The fourth-order valence-electron chi connectivity index (χ4n) is 8.75. The van der Waals surface area contributed by atoms with Crippen LogP contribution in [0.15, 0.2) is 54.2 Å². The number of imide groups is 1. The summed E-state index contributed by atoms with van der Waals surface area (Å²) in [6.07, 6.45) is 7.11. The van der Waals surface area contributed by atoms with E-state index in [4.69, 9.17) is 41.0 Å². The number of nitrogens with two attached hydrogens (primary N) is 1. The number of allylic oxidation sites excluding steroid dienone is 3. The molecule has 0 spiro atoms. The average molecular weight is 1130 g/mol. The number of carbonyl (C=O) groups excluding carboxylic acids is 9. The molecule has 9 atom stereocenters. The number of esters is 1. The predicted octanol–water partition coefficient (Wildman–Crippen LogP) is 3.42. The number of hydrogen-bond donors (Lipinski definition) is 8. The molecule has 4 rings (SSSR count). The van der Waals surface area contributed by atoms with Gasteiger partial charge in [-0.05, 0) is 70.6 Å². The highest BCUT2D eigenvalue weighted by Gasteiger charge is 2.64. The summed E-state index contributed by atoms with van der Waals surface area (Å²) in [6.45, 7) is 11.0. The molecular formula is C54H82ClN9O15. The number of rotatable bonds is 30. The number of epoxide rings is 1. The van der Waals surface area contributed by atoms with Crippen molar-refractivity contribution in [1.82, 2.24) is 41.7 Å². The number of aliphatic hydroxyl groups is 1. The first-order valence-electron chi connectivity index (χ1n) is 26.5. The lowest BCUT2D eigenvalue weighted by atomic mass is 9.83. The molecule has 0 aromatic heterocycles. The number of primary amides is 1. The predicted molar refractivity (Wildman–Crippen MR) is 292 cm³/mol. The molecule has 0 bridgehead atoms. The van der Waals surface area contributed by atoms with Crippen LogP contribution >= 0.6 is 11.6 Å². The first-order valence-corrected chi connectivity index (χ1v) is 26.9. The van der Waals surface area contributed by atoms with Crippen LogP contribution in [0.1, 0.15) is 105 Å². The lowest BCUT2D eigenvalue weighted by Crippen LogP contribution is -2.63. The molecule has 25 heteroatoms. The van der Waals surface area contributed by atoms with E-state index in [1.165, 1.54) is 53.8 Å². The van der Waals surface area contributed by atoms with Crippen molar-refractivity contribution >= 4 is 65.3 Å². The summed E-state index contributed by atoms with van der Waals surface area (Å²) in [4.78, 5) is 116. The van der Waals surface area contributed by atoms with Crippen LogP contribution in [0.25, 0.3) is 0 Å². The van der Waals surface area contributed by atoms with Gasteiger partial charge in [0.25, 0.3) is 11.8 Å². The summed E-state index contributed by atoms with van der Waals surface area (Å²) in [5.41, 5.74) is 3.88. The molecule has 3 heterocycles. The van der Waals surface area contributed by atoms with Gasteiger partial charge < -0.3 is 66.0 Å². The topological polar surface area (TPSA) is 328 Å². The molecule has 9 unspecified atom stereocenters. The summed E-state index contributed by atoms with van der Waals surface area (Å²) in [7, 11) is 5.63. The van der Waals surface area contributed by atoms with Crippen molar-refractivity contribution < 1.29 is 71.9 Å². The number of carbonyl (C=O) groups is 9. The molecule has 2 fully saturated rings. The minimum atomic E-state index is -1.92. The number of urea groups is 2. The molecule has 10 amide bonds. The Labute approximate surface area is 467 Å². The third kappa shape index (κ3) is 20.8. The van der Waals surface area contributed by atoms with Crippen LogP contribution in [0.5, 0.6) is 5.75 Å². The Morgan fingerprint density at radius 2 is 1.65 bits per heavy atom. The van der Waals surface area contributed by atoms with E-state index in [1.807, 2.05) is 25.1 Å². The number of amides is 10. The maximum atomic E-state index is 13.7. The first-order chi connectivity index (χ1) is 37.4. The number of benzene rings is 1. The molecular weight excluding hydrogens is 1050 g/mol. The number of ether oxygens (including phenoxy) is 5. The Hall–Kier alpha value is -6.76. The van der Waals surface area contributed by atoms with Crippen LogP contribution in [0, 0.1) is 5.92 Å². The normalized spacial score (nSPS) is 21.4. The number of cyclic esters (lactones) is 1. The lowest BCUT2D eigenvalue weighted by molar-refractivity contribution is -0.158. The molecule has 24 nitrogen and oxygen atoms in total. The van der Waals surface area contributed by atoms with Crippen molar-refractivity contribution in [3.05, 3.63) is 64.7 Å². The Morgan fingerprint density at radius 3 is 2.28 bits per heavy atom. The quantitative estimate of drug-likeness (QED) is 0.0180. The number of alkyl carbamates (subject to hydrolysis) is 1. The fraction of sp³-hybridized carbons (Fsp3) is 0.611. The van der Waals surface area contributed by atoms with Crippen molar-refractivity contribution in [2.75, 3.05) is 54.5 Å². The van der Waals surface area contributed by atoms with Crippen molar-refractivity contribution in [3.8, 4) is 5.75 Å². The van der Waals surface area contributed by atoms with Crippen LogP contribution < -0.4 is 42.4 Å². The summed E-state index contributed by atoms with van der Waals surface area (Å²) >= 11 is 6.17. The summed E-state index contributed by atoms with van der Waals surface area (Å²) in [6, 6.07) is 1.58. The molecule has 9 N–H and O–H groups in total. The van der Waals surface area contributed by atoms with Crippen molar-refractivity contribution in [3.63, 3.8) is 0 Å². The lowest BCUT2D eigenvalue weighted by Gasteiger charge is -2.42. The number of halogens is 1. The Kier molecular flexibility index (Phi) is 27.2. The van der Waals surface area contributed by atoms with Gasteiger partial charge in [-0.2, -0.15) is 0 Å². The van der Waals surface area contributed by atoms with Crippen LogP contribution in [-0.4, -0.2) is 171 Å². The SMILES string of the molecule is CCC.CNC(=O)CC(OC(=O)C(C)N(C)C(=O)NCC(=O)NC(CCCNC(N)=O)C(=O)NCCCCCCN1C(=O)C=CC1=O)C1(C)OC1C(C)C1CC(O)(C(/C=C/C=C(\C)Cc2ccc(Cl)c(OC)c2)OC)NC(=O)O1. The molecule has 3 aliphatic rings. The minimum absolute atomic E-state index is 0.111. The molecule has 440 valence electrons. The van der Waals surface area contributed by atoms with Crippen LogP contribution in [0.4, 0.5) is 14.4 Å². The Bertz CT molecular complexity index is 2370. The van der Waals surface area contributed by atoms with E-state index < -0.39 is 102 Å². The van der Waals surface area contributed by atoms with Crippen LogP contribution in [0.2, 0.25) is 5.02 Å². The summed E-state index contributed by atoms with van der Waals surface area (Å²) < 4.78 is 28.7. The fourth-order valence-corrected chi connectivity index (χ4v) is 8.94. The van der Waals surface area contributed by atoms with Gasteiger partial charge in [0.15, 0.2) is 5.72 Å². The van der Waals surface area contributed by atoms with Gasteiger partial charge in [0.05, 0.1) is 31.2 Å². The maximum Gasteiger partial charge on any atom is 0.409 e. The second kappa shape index (κ2) is 32.3. The smallest absolute Gasteiger partial charge is 0.409 e. The van der Waals surface area contributed by atoms with Crippen LogP contribution in [0.3, 0.4) is 0 Å². The summed E-state index contributed by atoms with van der Waals surface area (Å²) in [5, 5.41) is 27.5. The zero-order valence-corrected chi connectivity index (χ0v) is 47.8. The van der Waals surface area contributed by atoms with E-state index in [2.05, 4.69) is 45.7 Å². The van der Waals surface area contributed by atoms with Gasteiger partial charge in [-0.1, -0.05) is 81.5 Å². The highest BCUT2D eigenvalue weighted by molar-refractivity contribution is 6.32. The summed E-state index contributed by atoms with van der Waals surface area (Å²) in [5.74, 6) is -3.39. The van der Waals surface area contributed by atoms with E-state index in [0.717, 1.165) is 20.9 Å². The van der Waals surface area contributed by atoms with Gasteiger partial charge >= 0.3 is 24.1 Å². The minimum Gasteiger partial charge on any atom is -0.495 e. The molecule has 3 aliphatic heterocycles. The van der Waals surface area contributed by atoms with E-state index in [-0.39, 0.29) is 50.6 Å². The van der Waals surface area contributed by atoms with E-state index in [9.17, 15) is 48.3 Å². The molecule has 0 radical (unpaired) electrons. The first kappa shape index (κ1) is 66.5. The number of unbranched alkanes of at least 4 members (excludes halogenated alkanes) is 3. The van der Waals surface area contributed by atoms with Gasteiger partial charge in [0.2, 0.25) is 17.7 Å². The highest BCUT2D eigenvalue weighted by Crippen LogP contribution is 2.49. The molecule has 1 aromatic rings. The monoisotopic (exact) mass is 1130 g/mol. The van der Waals surface area contributed by atoms with E-state index >= 15 is 0 Å². The average Bonchev–Trinajstić information content (AvgIpc) is 4.24. The molecule has 2 saturated heterocycles. The third-order valence-corrected chi connectivity index (χ3v) is 13.8. The molecule has 1 aromatic carbocycles. The highest BCUT2D eigenvalue weighted by atomic mass is 35.5. The third-order valence-electron chi connectivity index (χ3n) is 13.5. The second-order valence-corrected chi connectivity index (χ2v) is 20.3. The second-order valence-electron chi connectivity index (χ2n) is 19.9. The number of likely N-dealkylation sites (N-methyl/N-ethyl adjacent to an activating group) is 1. The maximum absolute atomic E-state index is 13.7. The number of nitrogens with zero attached hydrogens (tertiary/aromatic N) is 2. The van der Waals surface area contributed by atoms with E-state index in [1.54, 1.807) is 32.1 Å². The van der Waals surface area contributed by atoms with Gasteiger partial charge in [0, 0.05) is 65.3 Å². The van der Waals surface area contributed by atoms with Gasteiger partial charge in [0.1, 0.15) is 41.7 Å². The molecule has 0 saturated carbocycles. The number of methoxy groups -OCH3 is 2. The zero-order valence-electron chi connectivity index (χ0n) is 47.1. The van der Waals surface area contributed by atoms with Gasteiger partial charge in [-0.15, -0.1) is 0 Å². The standard InChI is InChI=1S/C51H74ClN9O15.C3H8/c1-30(25-33-18-19-34(52)36(26-33)72-7)15-13-17-38(73-8)51(71)28-37(74-49(70)59-51)31(2)44-50(4,76-44)39(27-40(62)54-5)75-46(67)32(3)60(6)48(69)57-29-41(63)58-35(16-14-23-56-47(53)68)45(66)55-22-11-9-10-12-24-61-42(64)20-21-43(61)65;1-3-2/h13,15,17-21,26,31-32,35,37-39,44,71H,9-12,14,16,22-25,27-29H2,1-8H3,(H,54,62)(H,55,66)(H,57,69)(H,58,63)(H,59,70)(H3,53,56,68);3H2,1-2H3/b17-13+,30-15+;. The van der Waals surface area contributed by atoms with Gasteiger partial charge in [-0.3, -0.25) is 34.2 Å². The van der Waals surface area contributed by atoms with E-state index in [0.29, 0.717) is 49.4 Å². The number of hydrogen-bond acceptors (Lipinski definition) is 15. The Balaban J connectivity index is 0.00000534. The zero-order chi connectivity index (χ0) is 59.0. The van der Waals surface area contributed by atoms with Crippen molar-refractivity contribution in [2.45, 2.75) is 154 Å². The van der Waals surface area contributed by atoms with Crippen LogP contribution in [-0.2, 0) is 54.1 Å². The molecule has 79 heavy (non-hydrogen) atoms. The molecule has 0 aliphatic carbocycles. The Morgan fingerprint density at radius 1 is 0.987 bits per heavy atom. The van der Waals surface area contributed by atoms with Gasteiger partial charge in [-0.25, -0.2) is 19.2 Å². The largest absolute Gasteiger partial charge is 0.495 e. The van der Waals surface area contributed by atoms with Crippen molar-refractivity contribution in [2.24, 2.45) is 11.7 Å². The number of nitrogens with one attached hydrogen (secondary N) is 6.